The first kappa shape index (κ1) is 19.4. The van der Waals surface area contributed by atoms with Crippen molar-refractivity contribution in [3.63, 3.8) is 0 Å². The van der Waals surface area contributed by atoms with Crippen LogP contribution in [0.1, 0.15) is 21.7 Å². The number of carbonyl (C=O) groups is 1. The molecule has 0 spiro atoms. The second-order valence-corrected chi connectivity index (χ2v) is 8.68. The minimum absolute atomic E-state index is 0.150. The van der Waals surface area contributed by atoms with E-state index in [1.54, 1.807) is 0 Å². The molecule has 1 aliphatic rings. The molecular formula is C22H19N5O3S. The van der Waals surface area contributed by atoms with Gasteiger partial charge in [-0.2, -0.15) is 5.26 Å². The molecule has 8 nitrogen and oxygen atoms in total. The molecule has 3 heterocycles. The smallest absolute Gasteiger partial charge is 0.260 e. The fourth-order valence-corrected chi connectivity index (χ4v) is 4.89. The van der Waals surface area contributed by atoms with Crippen molar-refractivity contribution in [1.82, 2.24) is 4.98 Å². The van der Waals surface area contributed by atoms with Gasteiger partial charge in [0.05, 0.1) is 11.3 Å². The Morgan fingerprint density at radius 3 is 2.87 bits per heavy atom. The first-order chi connectivity index (χ1) is 15.0. The number of benzene rings is 1. The van der Waals surface area contributed by atoms with Gasteiger partial charge in [-0.3, -0.25) is 4.79 Å². The molecule has 156 valence electrons. The molecule has 1 amide bonds. The maximum absolute atomic E-state index is 11.9. The van der Waals surface area contributed by atoms with Crippen LogP contribution >= 0.6 is 11.3 Å². The van der Waals surface area contributed by atoms with Gasteiger partial charge in [-0.1, -0.05) is 18.2 Å². The Bertz CT molecular complexity index is 1350. The highest BCUT2D eigenvalue weighted by Crippen LogP contribution is 2.45. The normalized spacial score (nSPS) is 17.7. The van der Waals surface area contributed by atoms with Gasteiger partial charge in [0.15, 0.2) is 0 Å². The topological polar surface area (TPSA) is 151 Å². The molecule has 9 heteroatoms. The molecule has 0 bridgehead atoms. The number of aliphatic hydroxyl groups excluding tert-OH is 1. The monoisotopic (exact) mass is 433 g/mol. The van der Waals surface area contributed by atoms with Gasteiger partial charge in [0.25, 0.3) is 5.91 Å². The predicted octanol–water partition coefficient (Wildman–Crippen LogP) is 3.30. The lowest BCUT2D eigenvalue weighted by Crippen LogP contribution is -2.11. The summed E-state index contributed by atoms with van der Waals surface area (Å²) in [5.74, 6) is 0.821. The number of nitrogens with zero attached hydrogens (tertiary/aromatic N) is 2. The molecule has 31 heavy (non-hydrogen) atoms. The quantitative estimate of drug-likeness (QED) is 0.364. The average molecular weight is 433 g/mol. The molecular weight excluding hydrogens is 414 g/mol. The molecule has 0 aliphatic heterocycles. The van der Waals surface area contributed by atoms with E-state index in [0.29, 0.717) is 45.4 Å². The van der Waals surface area contributed by atoms with E-state index in [0.717, 1.165) is 23.1 Å². The van der Waals surface area contributed by atoms with Crippen LogP contribution in [0.15, 0.2) is 34.7 Å². The number of para-hydroxylation sites is 1. The van der Waals surface area contributed by atoms with E-state index in [4.69, 9.17) is 15.9 Å². The van der Waals surface area contributed by atoms with Crippen molar-refractivity contribution in [3.8, 4) is 17.4 Å². The minimum Gasteiger partial charge on any atom is -0.456 e. The Kier molecular flexibility index (Phi) is 4.54. The number of anilines is 2. The standard InChI is InChI=1S/C22H19N5O3S/c23-7-13-16(15-6-10-3-1-2-4-14(10)30-15)17-18(24)19(20(25)29)31-22(17)27-21(13)26-8-11-5-12(11)9-28/h1-4,6,11-12,28H,5,8-9,24H2,(H2,25,29)(H,26,27)/t11?,12-/m0/s1. The van der Waals surface area contributed by atoms with Crippen molar-refractivity contribution in [1.29, 1.82) is 5.26 Å². The second-order valence-electron chi connectivity index (χ2n) is 7.68. The number of amides is 1. The molecule has 1 unspecified atom stereocenters. The zero-order valence-electron chi connectivity index (χ0n) is 16.4. The highest BCUT2D eigenvalue weighted by Gasteiger charge is 2.36. The van der Waals surface area contributed by atoms with Crippen LogP contribution in [-0.4, -0.2) is 29.1 Å². The Balaban J connectivity index is 1.73. The third-order valence-corrected chi connectivity index (χ3v) is 6.83. The number of hydrogen-bond donors (Lipinski definition) is 4. The summed E-state index contributed by atoms with van der Waals surface area (Å²) in [7, 11) is 0. The van der Waals surface area contributed by atoms with Gasteiger partial charge in [0, 0.05) is 23.9 Å². The number of hydrogen-bond acceptors (Lipinski definition) is 8. The number of primary amides is 1. The van der Waals surface area contributed by atoms with E-state index in [1.807, 2.05) is 30.3 Å². The molecule has 1 fully saturated rings. The number of thiophene rings is 1. The number of nitrogens with one attached hydrogen (secondary N) is 1. The zero-order valence-corrected chi connectivity index (χ0v) is 17.2. The highest BCUT2D eigenvalue weighted by molar-refractivity contribution is 7.21. The van der Waals surface area contributed by atoms with Crippen molar-refractivity contribution in [3.05, 3.63) is 40.8 Å². The maximum Gasteiger partial charge on any atom is 0.260 e. The van der Waals surface area contributed by atoms with Crippen molar-refractivity contribution in [2.75, 3.05) is 24.2 Å². The summed E-state index contributed by atoms with van der Waals surface area (Å²) >= 11 is 1.09. The van der Waals surface area contributed by atoms with Gasteiger partial charge < -0.3 is 26.3 Å². The fourth-order valence-electron chi connectivity index (χ4n) is 3.94. The molecule has 0 radical (unpaired) electrons. The molecule has 4 aromatic rings. The Hall–Kier alpha value is -3.61. The molecule has 2 atom stereocenters. The minimum atomic E-state index is -0.646. The van der Waals surface area contributed by atoms with Crippen LogP contribution in [0.4, 0.5) is 11.5 Å². The van der Waals surface area contributed by atoms with Gasteiger partial charge >= 0.3 is 0 Å². The summed E-state index contributed by atoms with van der Waals surface area (Å²) in [5.41, 5.74) is 13.4. The Morgan fingerprint density at radius 1 is 1.39 bits per heavy atom. The van der Waals surface area contributed by atoms with E-state index in [9.17, 15) is 15.2 Å². The Morgan fingerprint density at radius 2 is 2.19 bits per heavy atom. The molecule has 6 N–H and O–H groups in total. The van der Waals surface area contributed by atoms with Crippen LogP contribution < -0.4 is 16.8 Å². The average Bonchev–Trinajstić information content (AvgIpc) is 3.26. The maximum atomic E-state index is 11.9. The number of pyridine rings is 1. The van der Waals surface area contributed by atoms with Crippen molar-refractivity contribution in [2.24, 2.45) is 17.6 Å². The molecule has 1 aliphatic carbocycles. The fraction of sp³-hybridized carbons (Fsp3) is 0.227. The van der Waals surface area contributed by atoms with Crippen LogP contribution in [0.25, 0.3) is 32.5 Å². The van der Waals surface area contributed by atoms with E-state index in [2.05, 4.69) is 16.4 Å². The molecule has 0 saturated heterocycles. The van der Waals surface area contributed by atoms with Gasteiger partial charge in [-0.15, -0.1) is 11.3 Å². The lowest BCUT2D eigenvalue weighted by atomic mass is 10.0. The second kappa shape index (κ2) is 7.27. The zero-order chi connectivity index (χ0) is 21.7. The number of aromatic nitrogens is 1. The van der Waals surface area contributed by atoms with E-state index >= 15 is 0 Å². The number of furan rings is 1. The highest BCUT2D eigenvalue weighted by atomic mass is 32.1. The lowest BCUT2D eigenvalue weighted by Gasteiger charge is -2.11. The summed E-state index contributed by atoms with van der Waals surface area (Å²) in [6.45, 7) is 0.735. The summed E-state index contributed by atoms with van der Waals surface area (Å²) in [5, 5.41) is 24.0. The van der Waals surface area contributed by atoms with Crippen LogP contribution in [0.5, 0.6) is 0 Å². The Labute approximate surface area is 181 Å². The van der Waals surface area contributed by atoms with Gasteiger partial charge in [-0.25, -0.2) is 4.98 Å². The summed E-state index contributed by atoms with van der Waals surface area (Å²) < 4.78 is 6.05. The van der Waals surface area contributed by atoms with E-state index in [-0.39, 0.29) is 28.7 Å². The van der Waals surface area contributed by atoms with Crippen LogP contribution in [-0.2, 0) is 0 Å². The number of carbonyl (C=O) groups excluding carboxylic acids is 1. The molecule has 3 aromatic heterocycles. The van der Waals surface area contributed by atoms with Gasteiger partial charge in [0.1, 0.15) is 38.5 Å². The summed E-state index contributed by atoms with van der Waals surface area (Å²) in [6.07, 6.45) is 0.932. The molecule has 1 aromatic carbocycles. The summed E-state index contributed by atoms with van der Waals surface area (Å²) in [4.78, 5) is 17.2. The predicted molar refractivity (Wildman–Crippen MR) is 120 cm³/mol. The number of nitrogen functional groups attached to an aromatic ring is 1. The molecule has 1 saturated carbocycles. The van der Waals surface area contributed by atoms with E-state index < -0.39 is 5.91 Å². The van der Waals surface area contributed by atoms with Crippen LogP contribution in [0.2, 0.25) is 0 Å². The SMILES string of the molecule is N#Cc1c(NCC2C[C@H]2CO)nc2sc(C(N)=O)c(N)c2c1-c1cc2ccccc2o1. The van der Waals surface area contributed by atoms with Crippen molar-refractivity contribution < 1.29 is 14.3 Å². The van der Waals surface area contributed by atoms with Crippen molar-refractivity contribution in [2.45, 2.75) is 6.42 Å². The first-order valence-electron chi connectivity index (χ1n) is 9.81. The summed E-state index contributed by atoms with van der Waals surface area (Å²) in [6, 6.07) is 11.6. The molecule has 5 rings (SSSR count). The largest absolute Gasteiger partial charge is 0.456 e. The van der Waals surface area contributed by atoms with Crippen molar-refractivity contribution >= 4 is 49.9 Å². The number of nitriles is 1. The third kappa shape index (κ3) is 3.17. The van der Waals surface area contributed by atoms with Crippen LogP contribution in [0.3, 0.4) is 0 Å². The third-order valence-electron chi connectivity index (χ3n) is 5.72. The van der Waals surface area contributed by atoms with Crippen LogP contribution in [0, 0.1) is 23.2 Å². The number of nitrogens with two attached hydrogens (primary N) is 2. The number of rotatable bonds is 6. The van der Waals surface area contributed by atoms with Gasteiger partial charge in [-0.05, 0) is 30.4 Å². The lowest BCUT2D eigenvalue weighted by molar-refractivity contribution is 0.100. The number of aliphatic hydroxyl groups is 1. The van der Waals surface area contributed by atoms with E-state index in [1.165, 1.54) is 0 Å². The first-order valence-corrected chi connectivity index (χ1v) is 10.6. The number of fused-ring (bicyclic) bond motifs is 2. The van der Waals surface area contributed by atoms with Gasteiger partial charge in [0.2, 0.25) is 0 Å².